The predicted octanol–water partition coefficient (Wildman–Crippen LogP) is 1.56. The highest BCUT2D eigenvalue weighted by Crippen LogP contribution is 2.10. The molecule has 74 valence electrons. The number of hydrogen-bond acceptors (Lipinski definition) is 2. The van der Waals surface area contributed by atoms with E-state index in [4.69, 9.17) is 4.74 Å². The summed E-state index contributed by atoms with van der Waals surface area (Å²) < 4.78 is 5.62. The van der Waals surface area contributed by atoms with E-state index in [2.05, 4.69) is 17.2 Å². The van der Waals surface area contributed by atoms with E-state index in [0.29, 0.717) is 0 Å². The first-order valence-electron chi connectivity index (χ1n) is 5.18. The maximum atomic E-state index is 5.62. The molecule has 1 rings (SSSR count). The molecule has 0 radical (unpaired) electrons. The number of likely N-dealkylation sites (N-methyl/N-ethyl adjacent to an activating group) is 1. The van der Waals surface area contributed by atoms with Gasteiger partial charge in [-0.25, -0.2) is 0 Å². The summed E-state index contributed by atoms with van der Waals surface area (Å²) in [5, 5.41) is 3.06. The Kier molecular flexibility index (Phi) is 5.64. The summed E-state index contributed by atoms with van der Waals surface area (Å²) in [6, 6.07) is 0. The van der Waals surface area contributed by atoms with Crippen molar-refractivity contribution in [3.05, 3.63) is 0 Å². The molecule has 2 heteroatoms. The van der Waals surface area contributed by atoms with Crippen LogP contribution in [0.3, 0.4) is 0 Å². The summed E-state index contributed by atoms with van der Waals surface area (Å²) >= 11 is 0. The molecule has 1 N–H and O–H groups in total. The largest absolute Gasteiger partial charge is 0.364 e. The van der Waals surface area contributed by atoms with Crippen LogP contribution in [-0.2, 0) is 4.74 Å². The first-order chi connectivity index (χ1) is 6.43. The highest BCUT2D eigenvalue weighted by molar-refractivity contribution is 5.06. The van der Waals surface area contributed by atoms with Gasteiger partial charge in [0.2, 0.25) is 0 Å². The second-order valence-corrected chi connectivity index (χ2v) is 3.38. The van der Waals surface area contributed by atoms with Crippen molar-refractivity contribution in [3.63, 3.8) is 0 Å². The summed E-state index contributed by atoms with van der Waals surface area (Å²) in [6.45, 7) is 1.69. The van der Waals surface area contributed by atoms with Crippen molar-refractivity contribution in [2.75, 3.05) is 20.2 Å². The topological polar surface area (TPSA) is 21.3 Å². The molecule has 0 amide bonds. The van der Waals surface area contributed by atoms with Gasteiger partial charge in [-0.05, 0) is 26.3 Å². The van der Waals surface area contributed by atoms with Gasteiger partial charge in [0.25, 0.3) is 0 Å². The molecule has 0 aromatic heterocycles. The fraction of sp³-hybridized carbons (Fsp3) is 0.818. The first-order valence-corrected chi connectivity index (χ1v) is 5.18. The molecule has 13 heavy (non-hydrogen) atoms. The molecule has 0 aliphatic heterocycles. The Balaban J connectivity index is 2.20. The van der Waals surface area contributed by atoms with Gasteiger partial charge >= 0.3 is 0 Å². The number of nitrogens with one attached hydrogen (secondary N) is 1. The molecule has 1 unspecified atom stereocenters. The van der Waals surface area contributed by atoms with Crippen molar-refractivity contribution in [3.8, 4) is 11.8 Å². The molecule has 0 aromatic carbocycles. The molecule has 0 bridgehead atoms. The van der Waals surface area contributed by atoms with Crippen LogP contribution >= 0.6 is 0 Å². The van der Waals surface area contributed by atoms with E-state index in [-0.39, 0.29) is 6.10 Å². The van der Waals surface area contributed by atoms with E-state index in [1.165, 1.54) is 19.3 Å². The van der Waals surface area contributed by atoms with Crippen molar-refractivity contribution in [2.45, 2.75) is 38.2 Å². The van der Waals surface area contributed by atoms with E-state index < -0.39 is 0 Å². The Morgan fingerprint density at radius 3 is 3.15 bits per heavy atom. The third-order valence-corrected chi connectivity index (χ3v) is 2.20. The Hall–Kier alpha value is -0.520. The van der Waals surface area contributed by atoms with E-state index in [0.717, 1.165) is 26.0 Å². The van der Waals surface area contributed by atoms with Gasteiger partial charge in [0.05, 0.1) is 6.61 Å². The summed E-state index contributed by atoms with van der Waals surface area (Å²) in [5.74, 6) is 6.35. The zero-order valence-corrected chi connectivity index (χ0v) is 8.44. The predicted molar refractivity (Wildman–Crippen MR) is 54.5 cm³/mol. The van der Waals surface area contributed by atoms with Crippen molar-refractivity contribution in [1.82, 2.24) is 5.32 Å². The minimum absolute atomic E-state index is 0.189. The first kappa shape index (κ1) is 10.6. The van der Waals surface area contributed by atoms with Crippen LogP contribution in [0.25, 0.3) is 0 Å². The molecule has 0 aromatic rings. The van der Waals surface area contributed by atoms with Gasteiger partial charge in [-0.1, -0.05) is 12.3 Å². The van der Waals surface area contributed by atoms with Gasteiger partial charge in [-0.2, -0.15) is 0 Å². The Morgan fingerprint density at radius 1 is 1.38 bits per heavy atom. The number of ether oxygens (including phenoxy) is 1. The third-order valence-electron chi connectivity index (χ3n) is 2.20. The molecule has 1 atom stereocenters. The lowest BCUT2D eigenvalue weighted by Crippen LogP contribution is -2.19. The number of hydrogen-bond donors (Lipinski definition) is 1. The average Bonchev–Trinajstić information content (AvgIpc) is 2.08. The van der Waals surface area contributed by atoms with Crippen molar-refractivity contribution < 1.29 is 4.74 Å². The zero-order valence-electron chi connectivity index (χ0n) is 8.44. The fourth-order valence-electron chi connectivity index (χ4n) is 1.41. The Labute approximate surface area is 81.0 Å². The lowest BCUT2D eigenvalue weighted by atomic mass is 10.1. The number of rotatable bonds is 4. The van der Waals surface area contributed by atoms with Gasteiger partial charge in [0.1, 0.15) is 6.10 Å². The van der Waals surface area contributed by atoms with Crippen LogP contribution in [0.1, 0.15) is 32.1 Å². The van der Waals surface area contributed by atoms with Crippen molar-refractivity contribution >= 4 is 0 Å². The van der Waals surface area contributed by atoms with E-state index >= 15 is 0 Å². The standard InChI is InChI=1S/C11H19NO/c1-12-9-10-13-11-7-5-3-2-4-6-8-11/h11-12H,2-5,7,9-10H2,1H3. The molecule has 0 fully saturated rings. The van der Waals surface area contributed by atoms with E-state index in [1.54, 1.807) is 0 Å². The molecular formula is C11H19NO. The Bertz CT molecular complexity index is 180. The van der Waals surface area contributed by atoms with Gasteiger partial charge in [-0.15, -0.1) is 5.92 Å². The molecule has 2 nitrogen and oxygen atoms in total. The van der Waals surface area contributed by atoms with Gasteiger partial charge < -0.3 is 10.1 Å². The summed E-state index contributed by atoms with van der Waals surface area (Å²) in [7, 11) is 1.94. The second kappa shape index (κ2) is 6.94. The SMILES string of the molecule is CNCCOC1C#CCCCCC1. The Morgan fingerprint density at radius 2 is 2.31 bits per heavy atom. The molecule has 1 aliphatic carbocycles. The average molecular weight is 181 g/mol. The summed E-state index contributed by atoms with van der Waals surface area (Å²) in [4.78, 5) is 0. The molecule has 0 saturated carbocycles. The van der Waals surface area contributed by atoms with Gasteiger partial charge in [0.15, 0.2) is 0 Å². The van der Waals surface area contributed by atoms with Gasteiger partial charge in [-0.3, -0.25) is 0 Å². The quantitative estimate of drug-likeness (QED) is 0.525. The fourth-order valence-corrected chi connectivity index (χ4v) is 1.41. The lowest BCUT2D eigenvalue weighted by Gasteiger charge is -2.13. The van der Waals surface area contributed by atoms with Crippen molar-refractivity contribution in [2.24, 2.45) is 0 Å². The normalized spacial score (nSPS) is 22.7. The zero-order chi connectivity index (χ0) is 9.36. The van der Waals surface area contributed by atoms with Crippen LogP contribution in [0.15, 0.2) is 0 Å². The molecular weight excluding hydrogens is 162 g/mol. The minimum Gasteiger partial charge on any atom is -0.364 e. The van der Waals surface area contributed by atoms with Crippen LogP contribution in [0.2, 0.25) is 0 Å². The highest BCUT2D eigenvalue weighted by atomic mass is 16.5. The van der Waals surface area contributed by atoms with Crippen LogP contribution in [0, 0.1) is 11.8 Å². The third kappa shape index (κ3) is 4.92. The summed E-state index contributed by atoms with van der Waals surface area (Å²) in [5.41, 5.74) is 0. The molecule has 0 heterocycles. The van der Waals surface area contributed by atoms with E-state index in [1.807, 2.05) is 7.05 Å². The highest BCUT2D eigenvalue weighted by Gasteiger charge is 2.05. The summed E-state index contributed by atoms with van der Waals surface area (Å²) in [6.07, 6.45) is 6.17. The van der Waals surface area contributed by atoms with Crippen LogP contribution in [0.5, 0.6) is 0 Å². The molecule has 0 spiro atoms. The van der Waals surface area contributed by atoms with Crippen LogP contribution in [-0.4, -0.2) is 26.3 Å². The minimum atomic E-state index is 0.189. The smallest absolute Gasteiger partial charge is 0.118 e. The monoisotopic (exact) mass is 181 g/mol. The van der Waals surface area contributed by atoms with Crippen LogP contribution in [0.4, 0.5) is 0 Å². The lowest BCUT2D eigenvalue weighted by molar-refractivity contribution is 0.0862. The van der Waals surface area contributed by atoms with E-state index in [9.17, 15) is 0 Å². The van der Waals surface area contributed by atoms with Crippen molar-refractivity contribution in [1.29, 1.82) is 0 Å². The maximum absolute atomic E-state index is 5.62. The molecule has 1 aliphatic rings. The maximum Gasteiger partial charge on any atom is 0.118 e. The second-order valence-electron chi connectivity index (χ2n) is 3.38. The van der Waals surface area contributed by atoms with Crippen LogP contribution < -0.4 is 5.32 Å². The molecule has 0 saturated heterocycles. The van der Waals surface area contributed by atoms with Gasteiger partial charge in [0, 0.05) is 13.0 Å².